The van der Waals surface area contributed by atoms with Crippen LogP contribution in [0, 0.1) is 0 Å². The lowest BCUT2D eigenvalue weighted by atomic mass is 10.1. The van der Waals surface area contributed by atoms with Crippen molar-refractivity contribution in [2.24, 2.45) is 0 Å². The van der Waals surface area contributed by atoms with E-state index in [0.717, 1.165) is 30.6 Å². The Bertz CT molecular complexity index is 619. The average Bonchev–Trinajstić information content (AvgIpc) is 2.94. The second-order valence-corrected chi connectivity index (χ2v) is 5.44. The van der Waals surface area contributed by atoms with E-state index in [9.17, 15) is 0 Å². The van der Waals surface area contributed by atoms with Crippen molar-refractivity contribution >= 4 is 0 Å². The third kappa shape index (κ3) is 4.99. The minimum atomic E-state index is 0.758. The van der Waals surface area contributed by atoms with E-state index in [1.165, 1.54) is 11.1 Å². The molecular weight excluding hydrogens is 260 g/mol. The summed E-state index contributed by atoms with van der Waals surface area (Å²) in [5, 5.41) is 8.34. The highest BCUT2D eigenvalue weighted by Crippen LogP contribution is 2.14. The van der Waals surface area contributed by atoms with Crippen LogP contribution >= 0.6 is 0 Å². The molecule has 21 heavy (non-hydrogen) atoms. The van der Waals surface area contributed by atoms with Gasteiger partial charge in [-0.05, 0) is 45.7 Å². The van der Waals surface area contributed by atoms with Gasteiger partial charge in [-0.1, -0.05) is 28.5 Å². The van der Waals surface area contributed by atoms with Crippen LogP contribution in [0.1, 0.15) is 33.6 Å². The zero-order valence-corrected chi connectivity index (χ0v) is 13.0. The van der Waals surface area contributed by atoms with Gasteiger partial charge < -0.3 is 0 Å². The van der Waals surface area contributed by atoms with E-state index in [2.05, 4.69) is 48.2 Å². The Labute approximate surface area is 126 Å². The molecule has 2 aromatic rings. The number of allylic oxidation sites excluding steroid dienone is 4. The molecule has 0 aliphatic heterocycles. The molecule has 0 atom stereocenters. The van der Waals surface area contributed by atoms with Crippen LogP contribution in [0.3, 0.4) is 0 Å². The first-order valence-corrected chi connectivity index (χ1v) is 7.24. The highest BCUT2D eigenvalue weighted by molar-refractivity contribution is 5.55. The maximum absolute atomic E-state index is 4.18. The molecule has 2 aromatic heterocycles. The second-order valence-electron chi connectivity index (χ2n) is 5.44. The highest BCUT2D eigenvalue weighted by atomic mass is 15.4. The van der Waals surface area contributed by atoms with Crippen LogP contribution in [-0.4, -0.2) is 20.0 Å². The zero-order valence-electron chi connectivity index (χ0n) is 13.0. The normalized spacial score (nSPS) is 11.5. The van der Waals surface area contributed by atoms with E-state index in [4.69, 9.17) is 0 Å². The Kier molecular flexibility index (Phi) is 5.43. The van der Waals surface area contributed by atoms with Gasteiger partial charge in [0.25, 0.3) is 0 Å². The summed E-state index contributed by atoms with van der Waals surface area (Å²) in [5.74, 6) is 0. The minimum absolute atomic E-state index is 0.758. The van der Waals surface area contributed by atoms with Crippen LogP contribution < -0.4 is 0 Å². The summed E-state index contributed by atoms with van der Waals surface area (Å²) in [6.45, 7) is 7.19. The van der Waals surface area contributed by atoms with E-state index in [1.54, 1.807) is 12.4 Å². The molecule has 0 radical (unpaired) electrons. The van der Waals surface area contributed by atoms with Crippen molar-refractivity contribution in [3.8, 4) is 11.3 Å². The fraction of sp³-hybridized carbons (Fsp3) is 0.353. The zero-order chi connectivity index (χ0) is 15.1. The molecule has 110 valence electrons. The molecular formula is C17H22N4. The Hall–Kier alpha value is -2.23. The van der Waals surface area contributed by atoms with Crippen molar-refractivity contribution in [1.82, 2.24) is 20.0 Å². The summed E-state index contributed by atoms with van der Waals surface area (Å²) < 4.78 is 1.85. The summed E-state index contributed by atoms with van der Waals surface area (Å²) in [6.07, 6.45) is 12.2. The summed E-state index contributed by atoms with van der Waals surface area (Å²) in [6, 6.07) is 3.89. The minimum Gasteiger partial charge on any atom is -0.264 e. The Morgan fingerprint density at radius 1 is 1.24 bits per heavy atom. The third-order valence-electron chi connectivity index (χ3n) is 3.21. The van der Waals surface area contributed by atoms with E-state index < -0.39 is 0 Å². The molecule has 4 nitrogen and oxygen atoms in total. The summed E-state index contributed by atoms with van der Waals surface area (Å²) >= 11 is 0. The van der Waals surface area contributed by atoms with Crippen LogP contribution in [-0.2, 0) is 6.54 Å². The second kappa shape index (κ2) is 7.53. The molecule has 0 fully saturated rings. The molecule has 0 amide bonds. The molecule has 0 unspecified atom stereocenters. The molecule has 2 rings (SSSR count). The SMILES string of the molecule is CC(C)=CCCC(C)=CCn1cc(-c2cccnc2)nn1. The van der Waals surface area contributed by atoms with Gasteiger partial charge in [0.15, 0.2) is 0 Å². The molecule has 0 N–H and O–H groups in total. The van der Waals surface area contributed by atoms with Crippen LogP contribution in [0.15, 0.2) is 54.0 Å². The van der Waals surface area contributed by atoms with Gasteiger partial charge in [0.2, 0.25) is 0 Å². The smallest absolute Gasteiger partial charge is 0.114 e. The van der Waals surface area contributed by atoms with E-state index in [-0.39, 0.29) is 0 Å². The predicted molar refractivity (Wildman–Crippen MR) is 85.7 cm³/mol. The first-order chi connectivity index (χ1) is 10.1. The van der Waals surface area contributed by atoms with Gasteiger partial charge in [0.05, 0.1) is 12.7 Å². The van der Waals surface area contributed by atoms with Gasteiger partial charge in [0.1, 0.15) is 5.69 Å². The largest absolute Gasteiger partial charge is 0.264 e. The van der Waals surface area contributed by atoms with Gasteiger partial charge in [0, 0.05) is 18.0 Å². The Balaban J connectivity index is 1.92. The van der Waals surface area contributed by atoms with Gasteiger partial charge in [-0.25, -0.2) is 4.68 Å². The number of pyridine rings is 1. The molecule has 0 spiro atoms. The molecule has 4 heteroatoms. The van der Waals surface area contributed by atoms with Crippen molar-refractivity contribution < 1.29 is 0 Å². The van der Waals surface area contributed by atoms with Crippen LogP contribution in [0.2, 0.25) is 0 Å². The molecule has 0 bridgehead atoms. The van der Waals surface area contributed by atoms with Gasteiger partial charge in [-0.15, -0.1) is 5.10 Å². The van der Waals surface area contributed by atoms with Crippen molar-refractivity contribution in [2.45, 2.75) is 40.2 Å². The number of nitrogens with zero attached hydrogens (tertiary/aromatic N) is 4. The predicted octanol–water partition coefficient (Wildman–Crippen LogP) is 4.03. The van der Waals surface area contributed by atoms with Gasteiger partial charge in [-0.2, -0.15) is 0 Å². The topological polar surface area (TPSA) is 43.6 Å². The van der Waals surface area contributed by atoms with Crippen LogP contribution in [0.5, 0.6) is 0 Å². The standard InChI is InChI=1S/C17H22N4/c1-14(2)6-4-7-15(3)9-11-21-13-17(19-20-21)16-8-5-10-18-12-16/h5-6,8-10,12-13H,4,7,11H2,1-3H3. The first kappa shape index (κ1) is 15.2. The van der Waals surface area contributed by atoms with Crippen molar-refractivity contribution in [1.29, 1.82) is 0 Å². The Morgan fingerprint density at radius 2 is 2.10 bits per heavy atom. The maximum Gasteiger partial charge on any atom is 0.114 e. The molecule has 0 saturated carbocycles. The van der Waals surface area contributed by atoms with Crippen molar-refractivity contribution in [2.75, 3.05) is 0 Å². The average molecular weight is 282 g/mol. The van der Waals surface area contributed by atoms with Crippen molar-refractivity contribution in [3.63, 3.8) is 0 Å². The fourth-order valence-corrected chi connectivity index (χ4v) is 1.97. The lowest BCUT2D eigenvalue weighted by molar-refractivity contribution is 0.657. The quantitative estimate of drug-likeness (QED) is 0.751. The molecule has 2 heterocycles. The fourth-order valence-electron chi connectivity index (χ4n) is 1.97. The summed E-state index contributed by atoms with van der Waals surface area (Å²) in [4.78, 5) is 4.10. The molecule has 0 aromatic carbocycles. The van der Waals surface area contributed by atoms with E-state index in [0.29, 0.717) is 0 Å². The molecule has 0 saturated heterocycles. The molecule has 0 aliphatic rings. The summed E-state index contributed by atoms with van der Waals surface area (Å²) in [7, 11) is 0. The lowest BCUT2D eigenvalue weighted by Crippen LogP contribution is -1.96. The van der Waals surface area contributed by atoms with Crippen LogP contribution in [0.25, 0.3) is 11.3 Å². The number of aromatic nitrogens is 4. The number of hydrogen-bond donors (Lipinski definition) is 0. The first-order valence-electron chi connectivity index (χ1n) is 7.24. The number of hydrogen-bond acceptors (Lipinski definition) is 3. The van der Waals surface area contributed by atoms with Gasteiger partial charge in [-0.3, -0.25) is 4.98 Å². The summed E-state index contributed by atoms with van der Waals surface area (Å²) in [5.41, 5.74) is 4.61. The Morgan fingerprint density at radius 3 is 2.81 bits per heavy atom. The monoisotopic (exact) mass is 282 g/mol. The highest BCUT2D eigenvalue weighted by Gasteiger charge is 2.02. The van der Waals surface area contributed by atoms with E-state index >= 15 is 0 Å². The van der Waals surface area contributed by atoms with E-state index in [1.807, 2.05) is 23.0 Å². The lowest BCUT2D eigenvalue weighted by Gasteiger charge is -1.99. The maximum atomic E-state index is 4.18. The number of rotatable bonds is 6. The van der Waals surface area contributed by atoms with Crippen molar-refractivity contribution in [3.05, 3.63) is 54.0 Å². The van der Waals surface area contributed by atoms with Gasteiger partial charge >= 0.3 is 0 Å². The third-order valence-corrected chi connectivity index (χ3v) is 3.21. The molecule has 0 aliphatic carbocycles. The van der Waals surface area contributed by atoms with Crippen LogP contribution in [0.4, 0.5) is 0 Å².